The Balaban J connectivity index is 1.99. The highest BCUT2D eigenvalue weighted by atomic mass is 16.4. The highest BCUT2D eigenvalue weighted by Gasteiger charge is 2.75. The van der Waals surface area contributed by atoms with Gasteiger partial charge in [0.15, 0.2) is 5.78 Å². The molecule has 132 valence electrons. The van der Waals surface area contributed by atoms with Gasteiger partial charge < -0.3 is 15.3 Å². The molecule has 0 saturated heterocycles. The van der Waals surface area contributed by atoms with Crippen LogP contribution in [-0.2, 0) is 4.79 Å². The lowest BCUT2D eigenvalue weighted by Crippen LogP contribution is -2.64. The zero-order valence-electron chi connectivity index (χ0n) is 15.1. The molecule has 4 nitrogen and oxygen atoms in total. The van der Waals surface area contributed by atoms with Crippen LogP contribution in [0.1, 0.15) is 41.0 Å². The van der Waals surface area contributed by atoms with Gasteiger partial charge in [-0.2, -0.15) is 0 Å². The Morgan fingerprint density at radius 1 is 1.12 bits per heavy atom. The van der Waals surface area contributed by atoms with E-state index < -0.39 is 23.2 Å². The highest BCUT2D eigenvalue weighted by molar-refractivity contribution is 5.95. The number of ketones is 1. The minimum absolute atomic E-state index is 0.0256. The van der Waals surface area contributed by atoms with Gasteiger partial charge in [0.2, 0.25) is 0 Å². The molecule has 4 unspecified atom stereocenters. The second-order valence-corrected chi connectivity index (χ2v) is 9.28. The fraction of sp³-hybridized carbons (Fsp3) is 0.750. The fourth-order valence-electron chi connectivity index (χ4n) is 6.41. The topological polar surface area (TPSA) is 77.8 Å². The Morgan fingerprint density at radius 3 is 2.33 bits per heavy atom. The lowest BCUT2D eigenvalue weighted by Gasteiger charge is -2.48. The van der Waals surface area contributed by atoms with Crippen molar-refractivity contribution in [2.75, 3.05) is 0 Å². The Kier molecular flexibility index (Phi) is 3.03. The quantitative estimate of drug-likeness (QED) is 0.592. The van der Waals surface area contributed by atoms with Crippen LogP contribution in [0.3, 0.4) is 0 Å². The minimum Gasteiger partial charge on any atom is -0.386 e. The summed E-state index contributed by atoms with van der Waals surface area (Å²) in [5, 5.41) is 33.2. The fourth-order valence-corrected chi connectivity index (χ4v) is 6.41. The molecule has 1 spiro atoms. The number of aliphatic hydroxyl groups excluding tert-OH is 2. The van der Waals surface area contributed by atoms with E-state index in [0.29, 0.717) is 17.1 Å². The van der Waals surface area contributed by atoms with Gasteiger partial charge in [-0.1, -0.05) is 32.9 Å². The maximum atomic E-state index is 13.7. The summed E-state index contributed by atoms with van der Waals surface area (Å²) in [6.45, 7) is 9.91. The first-order chi connectivity index (χ1) is 11.0. The van der Waals surface area contributed by atoms with Gasteiger partial charge in [-0.15, -0.1) is 0 Å². The molecule has 3 N–H and O–H groups in total. The average Bonchev–Trinajstić information content (AvgIpc) is 3.01. The molecular formula is C20H28O4. The van der Waals surface area contributed by atoms with Gasteiger partial charge in [0.05, 0.1) is 5.41 Å². The molecule has 4 aliphatic carbocycles. The first-order valence-corrected chi connectivity index (χ1v) is 9.01. The van der Waals surface area contributed by atoms with Crippen molar-refractivity contribution in [1.82, 2.24) is 0 Å². The number of aliphatic hydroxyl groups is 3. The van der Waals surface area contributed by atoms with Crippen molar-refractivity contribution in [3.63, 3.8) is 0 Å². The molecule has 8 atom stereocenters. The van der Waals surface area contributed by atoms with Crippen LogP contribution in [0, 0.1) is 34.5 Å². The van der Waals surface area contributed by atoms with Crippen molar-refractivity contribution in [2.45, 2.75) is 58.8 Å². The van der Waals surface area contributed by atoms with E-state index in [0.717, 1.165) is 6.42 Å². The maximum absolute atomic E-state index is 13.7. The lowest BCUT2D eigenvalue weighted by molar-refractivity contribution is -0.189. The standard InChI is InChI=1S/C20H28O4/c1-9-6-12-14-13(18(14,4)5)7-11(3)19(17(12)23)8-10(2)16(22)20(19,24)15(9)21/h6,8,11-16,21-22,24H,7H2,1-5H3/t11-,12?,13-,14+,15-,16?,19?,20?/m1/s1. The van der Waals surface area contributed by atoms with E-state index in [1.54, 1.807) is 19.9 Å². The molecule has 0 aromatic rings. The van der Waals surface area contributed by atoms with E-state index in [1.807, 2.05) is 13.0 Å². The Labute approximate surface area is 143 Å². The van der Waals surface area contributed by atoms with Crippen LogP contribution in [-0.4, -0.2) is 38.9 Å². The number of rotatable bonds is 0. The third-order valence-electron chi connectivity index (χ3n) is 7.88. The summed E-state index contributed by atoms with van der Waals surface area (Å²) in [7, 11) is 0. The Bertz CT molecular complexity index is 690. The van der Waals surface area contributed by atoms with E-state index in [9.17, 15) is 20.1 Å². The van der Waals surface area contributed by atoms with E-state index in [-0.39, 0.29) is 29.0 Å². The van der Waals surface area contributed by atoms with Crippen molar-refractivity contribution in [2.24, 2.45) is 34.5 Å². The number of carbonyl (C=O) groups excluding carboxylic acids is 1. The predicted octanol–water partition coefficient (Wildman–Crippen LogP) is 1.84. The van der Waals surface area contributed by atoms with Crippen LogP contribution in [0.25, 0.3) is 0 Å². The first-order valence-electron chi connectivity index (χ1n) is 9.01. The summed E-state index contributed by atoms with van der Waals surface area (Å²) in [5.74, 6) is 0.240. The molecule has 24 heavy (non-hydrogen) atoms. The largest absolute Gasteiger partial charge is 0.386 e. The van der Waals surface area contributed by atoms with E-state index in [4.69, 9.17) is 0 Å². The highest BCUT2D eigenvalue weighted by Crippen LogP contribution is 2.71. The molecule has 0 heterocycles. The van der Waals surface area contributed by atoms with Gasteiger partial charge in [-0.3, -0.25) is 4.79 Å². The number of hydrogen-bond donors (Lipinski definition) is 3. The number of hydrogen-bond acceptors (Lipinski definition) is 4. The van der Waals surface area contributed by atoms with E-state index in [2.05, 4.69) is 13.8 Å². The number of Topliss-reactive ketones (excluding diaryl/α,β-unsaturated/α-hetero) is 1. The van der Waals surface area contributed by atoms with Gasteiger partial charge in [-0.05, 0) is 54.6 Å². The average molecular weight is 332 g/mol. The SMILES string of the molecule is CC1=CC23C(=O)C(C=C(C)[C@@H](O)C2(O)C1O)[C@H]1[C@@H](C[C@H]3C)C1(C)C. The normalized spacial score (nSPS) is 54.9. The second kappa shape index (κ2) is 4.40. The molecule has 0 aliphatic heterocycles. The zero-order valence-corrected chi connectivity index (χ0v) is 15.1. The molecule has 4 rings (SSSR count). The van der Waals surface area contributed by atoms with Gasteiger partial charge >= 0.3 is 0 Å². The Morgan fingerprint density at radius 2 is 1.71 bits per heavy atom. The third kappa shape index (κ3) is 1.50. The number of carbonyl (C=O) groups is 1. The van der Waals surface area contributed by atoms with Gasteiger partial charge in [-0.25, -0.2) is 0 Å². The van der Waals surface area contributed by atoms with Crippen LogP contribution in [0.5, 0.6) is 0 Å². The Hall–Kier alpha value is -0.970. The van der Waals surface area contributed by atoms with Crippen LogP contribution in [0.2, 0.25) is 0 Å². The second-order valence-electron chi connectivity index (χ2n) is 9.28. The lowest BCUT2D eigenvalue weighted by atomic mass is 9.59. The molecular weight excluding hydrogens is 304 g/mol. The molecule has 0 radical (unpaired) electrons. The van der Waals surface area contributed by atoms with E-state index in [1.165, 1.54) is 0 Å². The minimum atomic E-state index is -1.87. The van der Waals surface area contributed by atoms with Crippen LogP contribution in [0.15, 0.2) is 23.3 Å². The zero-order chi connectivity index (χ0) is 17.8. The maximum Gasteiger partial charge on any atom is 0.153 e. The summed E-state index contributed by atoms with van der Waals surface area (Å²) >= 11 is 0. The van der Waals surface area contributed by atoms with Crippen molar-refractivity contribution >= 4 is 5.78 Å². The molecule has 2 saturated carbocycles. The monoisotopic (exact) mass is 332 g/mol. The summed E-state index contributed by atoms with van der Waals surface area (Å²) in [5.41, 5.74) is -1.80. The molecule has 0 amide bonds. The van der Waals surface area contributed by atoms with Crippen LogP contribution < -0.4 is 0 Å². The van der Waals surface area contributed by atoms with Crippen LogP contribution in [0.4, 0.5) is 0 Å². The van der Waals surface area contributed by atoms with Crippen LogP contribution >= 0.6 is 0 Å². The number of fused-ring (bicyclic) bond motifs is 3. The molecule has 0 aromatic carbocycles. The van der Waals surface area contributed by atoms with Crippen molar-refractivity contribution in [1.29, 1.82) is 0 Å². The van der Waals surface area contributed by atoms with Gasteiger partial charge in [0.1, 0.15) is 17.8 Å². The molecule has 2 bridgehead atoms. The van der Waals surface area contributed by atoms with Crippen molar-refractivity contribution in [3.05, 3.63) is 23.3 Å². The van der Waals surface area contributed by atoms with Gasteiger partial charge in [0, 0.05) is 5.92 Å². The smallest absolute Gasteiger partial charge is 0.153 e. The third-order valence-corrected chi connectivity index (χ3v) is 7.88. The van der Waals surface area contributed by atoms with E-state index >= 15 is 0 Å². The van der Waals surface area contributed by atoms with Gasteiger partial charge in [0.25, 0.3) is 0 Å². The summed E-state index contributed by atoms with van der Waals surface area (Å²) in [6.07, 6.45) is 2.01. The summed E-state index contributed by atoms with van der Waals surface area (Å²) in [4.78, 5) is 13.7. The molecule has 0 aromatic heterocycles. The summed E-state index contributed by atoms with van der Waals surface area (Å²) in [6, 6.07) is 0. The molecule has 2 fully saturated rings. The molecule has 4 aliphatic rings. The molecule has 4 heteroatoms. The predicted molar refractivity (Wildman–Crippen MR) is 89.9 cm³/mol. The number of allylic oxidation sites excluding steroid dienone is 1. The summed E-state index contributed by atoms with van der Waals surface area (Å²) < 4.78 is 0. The van der Waals surface area contributed by atoms with Crippen molar-refractivity contribution in [3.8, 4) is 0 Å². The first kappa shape index (κ1) is 16.5. The van der Waals surface area contributed by atoms with Crippen molar-refractivity contribution < 1.29 is 20.1 Å².